The quantitative estimate of drug-likeness (QED) is 0.122. The zero-order valence-corrected chi connectivity index (χ0v) is 27.4. The summed E-state index contributed by atoms with van der Waals surface area (Å²) in [4.78, 5) is 27.6. The van der Waals surface area contributed by atoms with Gasteiger partial charge in [0.15, 0.2) is 11.6 Å². The standard InChI is InChI=1S/C35H38O6P2/c1-23-17-25(3)33(26(4)18-23)31(36)21-40-43(39,30-15-11-8-12-16-30)22-32(41-42(38)29-13-9-7-10-14-29)35(37)34-27(5)19-24(2)20-28(34)6/h7-20,32,42H,21-22H2,1-6H3. The van der Waals surface area contributed by atoms with Crippen molar-refractivity contribution in [3.63, 3.8) is 0 Å². The highest BCUT2D eigenvalue weighted by Gasteiger charge is 2.37. The predicted octanol–water partition coefficient (Wildman–Crippen LogP) is 7.41. The summed E-state index contributed by atoms with van der Waals surface area (Å²) in [5.74, 6) is -0.737. The molecule has 6 nitrogen and oxygen atoms in total. The highest BCUT2D eigenvalue weighted by molar-refractivity contribution is 7.67. The van der Waals surface area contributed by atoms with E-state index in [9.17, 15) is 18.7 Å². The van der Waals surface area contributed by atoms with Crippen LogP contribution in [-0.4, -0.2) is 30.4 Å². The Hall–Kier alpha value is -3.40. The van der Waals surface area contributed by atoms with Gasteiger partial charge in [0.1, 0.15) is 12.7 Å². The Morgan fingerprint density at radius 3 is 1.70 bits per heavy atom. The van der Waals surface area contributed by atoms with Crippen molar-refractivity contribution in [1.29, 1.82) is 0 Å². The molecule has 3 atom stereocenters. The lowest BCUT2D eigenvalue weighted by atomic mass is 9.94. The molecule has 0 radical (unpaired) electrons. The van der Waals surface area contributed by atoms with E-state index in [2.05, 4.69) is 0 Å². The third-order valence-corrected chi connectivity index (χ3v) is 11.1. The molecule has 0 aliphatic carbocycles. The number of hydrogen-bond acceptors (Lipinski definition) is 6. The lowest BCUT2D eigenvalue weighted by molar-refractivity contribution is 0.0828. The van der Waals surface area contributed by atoms with E-state index in [1.54, 1.807) is 60.7 Å². The predicted molar refractivity (Wildman–Crippen MR) is 174 cm³/mol. The highest BCUT2D eigenvalue weighted by atomic mass is 31.2. The molecule has 3 unspecified atom stereocenters. The monoisotopic (exact) mass is 616 g/mol. The molecule has 0 aromatic heterocycles. The molecular formula is C35H38O6P2. The Morgan fingerprint density at radius 1 is 0.721 bits per heavy atom. The van der Waals surface area contributed by atoms with Crippen molar-refractivity contribution in [2.24, 2.45) is 0 Å². The summed E-state index contributed by atoms with van der Waals surface area (Å²) in [6, 6.07) is 24.8. The molecule has 0 bridgehead atoms. The summed E-state index contributed by atoms with van der Waals surface area (Å²) in [5.41, 5.74) is 6.09. The Labute approximate surface area is 254 Å². The van der Waals surface area contributed by atoms with E-state index in [1.165, 1.54) is 0 Å². The third kappa shape index (κ3) is 7.77. The van der Waals surface area contributed by atoms with Crippen LogP contribution in [0.2, 0.25) is 0 Å². The van der Waals surface area contributed by atoms with E-state index >= 15 is 0 Å². The number of hydrogen-bond donors (Lipinski definition) is 0. The number of benzene rings is 4. The van der Waals surface area contributed by atoms with Crippen LogP contribution in [0.5, 0.6) is 0 Å². The first-order valence-electron chi connectivity index (χ1n) is 14.2. The van der Waals surface area contributed by atoms with Crippen molar-refractivity contribution in [3.05, 3.63) is 129 Å². The van der Waals surface area contributed by atoms with Crippen LogP contribution >= 0.6 is 15.4 Å². The van der Waals surface area contributed by atoms with Crippen LogP contribution in [-0.2, 0) is 18.2 Å². The van der Waals surface area contributed by atoms with Gasteiger partial charge in [0.05, 0.1) is 6.16 Å². The summed E-state index contributed by atoms with van der Waals surface area (Å²) in [7, 11) is -6.80. The van der Waals surface area contributed by atoms with Crippen molar-refractivity contribution in [3.8, 4) is 0 Å². The van der Waals surface area contributed by atoms with Crippen LogP contribution in [0, 0.1) is 41.5 Å². The van der Waals surface area contributed by atoms with E-state index < -0.39 is 33.9 Å². The van der Waals surface area contributed by atoms with E-state index in [4.69, 9.17) is 9.05 Å². The summed E-state index contributed by atoms with van der Waals surface area (Å²) >= 11 is 0. The number of rotatable bonds is 12. The minimum absolute atomic E-state index is 0.307. The fraction of sp³-hybridized carbons (Fsp3) is 0.257. The van der Waals surface area contributed by atoms with E-state index in [-0.39, 0.29) is 11.9 Å². The molecule has 0 fully saturated rings. The fourth-order valence-electron chi connectivity index (χ4n) is 5.64. The number of Topliss-reactive ketones (excluding diaryl/α,β-unsaturated/α-hetero) is 2. The number of carbonyl (C=O) groups is 2. The molecule has 224 valence electrons. The van der Waals surface area contributed by atoms with Gasteiger partial charge in [0.2, 0.25) is 15.4 Å². The van der Waals surface area contributed by atoms with Gasteiger partial charge < -0.3 is 9.05 Å². The van der Waals surface area contributed by atoms with E-state index in [0.717, 1.165) is 33.4 Å². The topological polar surface area (TPSA) is 86.7 Å². The van der Waals surface area contributed by atoms with Gasteiger partial charge in [-0.1, -0.05) is 71.8 Å². The number of aryl methyl sites for hydroxylation is 6. The summed E-state index contributed by atoms with van der Waals surface area (Å²) in [6.07, 6.45) is -1.74. The maximum atomic E-state index is 14.8. The van der Waals surface area contributed by atoms with Gasteiger partial charge in [-0.15, -0.1) is 0 Å². The third-order valence-electron chi connectivity index (χ3n) is 7.39. The van der Waals surface area contributed by atoms with Gasteiger partial charge in [0, 0.05) is 21.7 Å². The minimum Gasteiger partial charge on any atom is -0.317 e. The van der Waals surface area contributed by atoms with Crippen LogP contribution < -0.4 is 10.6 Å². The molecule has 8 heteroatoms. The molecule has 0 aliphatic rings. The summed E-state index contributed by atoms with van der Waals surface area (Å²) < 4.78 is 40.2. The van der Waals surface area contributed by atoms with Gasteiger partial charge >= 0.3 is 0 Å². The molecule has 43 heavy (non-hydrogen) atoms. The van der Waals surface area contributed by atoms with Crippen LogP contribution in [0.3, 0.4) is 0 Å². The number of ketones is 2. The largest absolute Gasteiger partial charge is 0.317 e. The normalized spacial score (nSPS) is 14.1. The molecule has 0 saturated carbocycles. The Bertz CT molecular complexity index is 1670. The second-order valence-electron chi connectivity index (χ2n) is 11.1. The molecular weight excluding hydrogens is 578 g/mol. The molecule has 0 saturated heterocycles. The average molecular weight is 617 g/mol. The Morgan fingerprint density at radius 2 is 1.19 bits per heavy atom. The maximum Gasteiger partial charge on any atom is 0.235 e. The van der Waals surface area contributed by atoms with Crippen molar-refractivity contribution in [2.75, 3.05) is 12.8 Å². The van der Waals surface area contributed by atoms with Crippen molar-refractivity contribution >= 4 is 37.6 Å². The fourth-order valence-corrected chi connectivity index (χ4v) is 8.92. The molecule has 4 aromatic carbocycles. The zero-order chi connectivity index (χ0) is 31.3. The maximum absolute atomic E-state index is 14.8. The van der Waals surface area contributed by atoms with Crippen LogP contribution in [0.4, 0.5) is 0 Å². The SMILES string of the molecule is Cc1cc(C)c(C(=O)COP(=O)(CC(O[PH](=O)c2ccccc2)C(=O)c2c(C)cc(C)cc2C)c2ccccc2)c(C)c1. The molecule has 0 amide bonds. The van der Waals surface area contributed by atoms with E-state index in [0.29, 0.717) is 21.7 Å². The van der Waals surface area contributed by atoms with E-state index in [1.807, 2.05) is 65.8 Å². The van der Waals surface area contributed by atoms with Crippen LogP contribution in [0.15, 0.2) is 84.9 Å². The first-order chi connectivity index (χ1) is 20.4. The second-order valence-corrected chi connectivity index (χ2v) is 14.9. The number of carbonyl (C=O) groups excluding carboxylic acids is 2. The van der Waals surface area contributed by atoms with Crippen molar-refractivity contribution < 1.29 is 27.8 Å². The van der Waals surface area contributed by atoms with Gasteiger partial charge in [-0.05, 0) is 88.1 Å². The molecule has 0 aliphatic heterocycles. The highest BCUT2D eigenvalue weighted by Crippen LogP contribution is 2.48. The first-order valence-corrected chi connectivity index (χ1v) is 17.3. The van der Waals surface area contributed by atoms with Crippen LogP contribution in [0.25, 0.3) is 0 Å². The first kappa shape index (κ1) is 32.5. The minimum atomic E-state index is -3.89. The smallest absolute Gasteiger partial charge is 0.235 e. The van der Waals surface area contributed by atoms with Crippen LogP contribution in [0.1, 0.15) is 54.1 Å². The van der Waals surface area contributed by atoms with Gasteiger partial charge in [-0.25, -0.2) is 0 Å². The Balaban J connectivity index is 1.73. The van der Waals surface area contributed by atoms with Gasteiger partial charge in [-0.3, -0.25) is 18.7 Å². The molecule has 0 spiro atoms. The van der Waals surface area contributed by atoms with Gasteiger partial charge in [-0.2, -0.15) is 0 Å². The van der Waals surface area contributed by atoms with Gasteiger partial charge in [0.25, 0.3) is 0 Å². The zero-order valence-electron chi connectivity index (χ0n) is 25.5. The Kier molecular flexibility index (Phi) is 10.5. The average Bonchev–Trinajstić information content (AvgIpc) is 2.95. The van der Waals surface area contributed by atoms with Crippen molar-refractivity contribution in [1.82, 2.24) is 0 Å². The lowest BCUT2D eigenvalue weighted by Crippen LogP contribution is -2.31. The lowest BCUT2D eigenvalue weighted by Gasteiger charge is -2.25. The molecule has 4 rings (SSSR count). The summed E-state index contributed by atoms with van der Waals surface area (Å²) in [6.45, 7) is 10.9. The second kappa shape index (κ2) is 13.9. The molecule has 4 aromatic rings. The molecule has 0 N–H and O–H groups in total. The summed E-state index contributed by atoms with van der Waals surface area (Å²) in [5, 5.41) is 0.789. The van der Waals surface area contributed by atoms with Crippen molar-refractivity contribution in [2.45, 2.75) is 47.6 Å². The molecule has 0 heterocycles.